The number of pyridine rings is 1. The molecule has 1 saturated heterocycles. The third-order valence-electron chi connectivity index (χ3n) is 10.4. The summed E-state index contributed by atoms with van der Waals surface area (Å²) in [6, 6.07) is 9.42. The highest BCUT2D eigenvalue weighted by Gasteiger charge is 2.57. The lowest BCUT2D eigenvalue weighted by Gasteiger charge is -2.56. The molecule has 1 aromatic carbocycles. The monoisotopic (exact) mass is 599 g/mol. The first-order chi connectivity index (χ1) is 21.0. The van der Waals surface area contributed by atoms with E-state index in [1.54, 1.807) is 17.2 Å². The summed E-state index contributed by atoms with van der Waals surface area (Å²) in [5.74, 6) is -1.35. The summed E-state index contributed by atoms with van der Waals surface area (Å²) in [6.45, 7) is 1.96. The molecule has 8 nitrogen and oxygen atoms in total. The fourth-order valence-corrected chi connectivity index (χ4v) is 8.12. The molecule has 2 unspecified atom stereocenters. The molecular formula is C34H35F2N5O3. The molecule has 3 aliphatic carbocycles. The summed E-state index contributed by atoms with van der Waals surface area (Å²) in [7, 11) is 1.91. The van der Waals surface area contributed by atoms with Gasteiger partial charge in [0.25, 0.3) is 0 Å². The predicted molar refractivity (Wildman–Crippen MR) is 162 cm³/mol. The maximum absolute atomic E-state index is 14.6. The standard InChI is InChI=1S/C34H35F2N5O3/c1-32(23-8-9-24(35)16-25(36)15-23)20-40(2)34(11-3-4-12-34)31(44)41(32)19-28(42)38-26-10-7-21-17-33(18-22(21)14-26)27-6-5-13-37-29(27)39-30(33)43/h5-8,10,13-16H,3-4,9,11-12,17-20H2,1-2H3,(H,38,42)(H,37,39,43). The van der Waals surface area contributed by atoms with Crippen molar-refractivity contribution in [3.05, 3.63) is 88.7 Å². The topological polar surface area (TPSA) is 94.6 Å². The van der Waals surface area contributed by atoms with Gasteiger partial charge in [-0.2, -0.15) is 0 Å². The summed E-state index contributed by atoms with van der Waals surface area (Å²) in [5, 5.41) is 5.88. The molecule has 2 atom stereocenters. The average Bonchev–Trinajstić information content (AvgIpc) is 3.66. The van der Waals surface area contributed by atoms with E-state index in [9.17, 15) is 23.2 Å². The molecule has 2 N–H and O–H groups in total. The van der Waals surface area contributed by atoms with Crippen molar-refractivity contribution in [3.63, 3.8) is 0 Å². The average molecular weight is 600 g/mol. The number of hydrogen-bond acceptors (Lipinski definition) is 5. The van der Waals surface area contributed by atoms with Gasteiger partial charge in [0.1, 0.15) is 29.6 Å². The van der Waals surface area contributed by atoms with Gasteiger partial charge in [0.05, 0.1) is 11.0 Å². The summed E-state index contributed by atoms with van der Waals surface area (Å²) in [4.78, 5) is 49.0. The number of benzene rings is 1. The van der Waals surface area contributed by atoms with Crippen LogP contribution in [0.15, 0.2) is 72.0 Å². The van der Waals surface area contributed by atoms with Gasteiger partial charge >= 0.3 is 0 Å². The van der Waals surface area contributed by atoms with Gasteiger partial charge in [0.2, 0.25) is 17.7 Å². The number of hydrogen-bond donors (Lipinski definition) is 2. The number of aromatic nitrogens is 1. The number of nitrogens with zero attached hydrogens (tertiary/aromatic N) is 3. The van der Waals surface area contributed by atoms with Crippen molar-refractivity contribution in [2.75, 3.05) is 30.8 Å². The highest BCUT2D eigenvalue weighted by molar-refractivity contribution is 6.06. The Labute approximate surface area is 254 Å². The van der Waals surface area contributed by atoms with Crippen LogP contribution in [0, 0.1) is 0 Å². The van der Waals surface area contributed by atoms with Crippen molar-refractivity contribution in [3.8, 4) is 0 Å². The Morgan fingerprint density at radius 2 is 1.86 bits per heavy atom. The largest absolute Gasteiger partial charge is 0.325 e. The number of carbonyl (C=O) groups is 3. The molecule has 2 aromatic rings. The zero-order valence-electron chi connectivity index (χ0n) is 24.9. The minimum absolute atomic E-state index is 0.0740. The molecule has 2 spiro atoms. The van der Waals surface area contributed by atoms with Crippen LogP contribution in [-0.2, 0) is 32.6 Å². The summed E-state index contributed by atoms with van der Waals surface area (Å²) in [6.07, 6.45) is 9.55. The molecule has 2 fully saturated rings. The van der Waals surface area contributed by atoms with E-state index in [-0.39, 0.29) is 30.7 Å². The lowest BCUT2D eigenvalue weighted by Crippen LogP contribution is -2.72. The molecule has 1 saturated carbocycles. The van der Waals surface area contributed by atoms with Crippen LogP contribution in [0.2, 0.25) is 0 Å². The smallest absolute Gasteiger partial charge is 0.244 e. The number of anilines is 2. The van der Waals surface area contributed by atoms with E-state index in [0.29, 0.717) is 49.3 Å². The van der Waals surface area contributed by atoms with Crippen LogP contribution in [0.1, 0.15) is 55.7 Å². The van der Waals surface area contributed by atoms with E-state index in [1.807, 2.05) is 49.2 Å². The van der Waals surface area contributed by atoms with Crippen molar-refractivity contribution in [2.45, 2.75) is 68.4 Å². The molecule has 0 bridgehead atoms. The van der Waals surface area contributed by atoms with E-state index in [0.717, 1.165) is 35.6 Å². The third-order valence-corrected chi connectivity index (χ3v) is 10.4. The molecule has 10 heteroatoms. The fraction of sp³-hybridized carbons (Fsp3) is 0.412. The van der Waals surface area contributed by atoms with E-state index >= 15 is 0 Å². The lowest BCUT2D eigenvalue weighted by molar-refractivity contribution is -0.161. The van der Waals surface area contributed by atoms with Gasteiger partial charge in [-0.25, -0.2) is 13.8 Å². The summed E-state index contributed by atoms with van der Waals surface area (Å²) < 4.78 is 28.8. The number of carbonyl (C=O) groups excluding carboxylic acids is 3. The van der Waals surface area contributed by atoms with Crippen LogP contribution in [0.25, 0.3) is 0 Å². The molecular weight excluding hydrogens is 564 g/mol. The second kappa shape index (κ2) is 10.2. The zero-order valence-corrected chi connectivity index (χ0v) is 24.9. The Balaban J connectivity index is 1.15. The van der Waals surface area contributed by atoms with Crippen molar-refractivity contribution >= 4 is 29.2 Å². The molecule has 3 amide bonds. The van der Waals surface area contributed by atoms with Crippen LogP contribution >= 0.6 is 0 Å². The lowest BCUT2D eigenvalue weighted by atomic mass is 9.79. The fourth-order valence-electron chi connectivity index (χ4n) is 8.12. The number of rotatable bonds is 4. The van der Waals surface area contributed by atoms with Gasteiger partial charge in [0, 0.05) is 36.5 Å². The number of likely N-dealkylation sites (N-methyl/N-ethyl adjacent to an activating group) is 1. The molecule has 7 rings (SSSR count). The second-order valence-corrected chi connectivity index (χ2v) is 13.1. The molecule has 3 heterocycles. The van der Waals surface area contributed by atoms with Gasteiger partial charge in [-0.3, -0.25) is 19.3 Å². The Kier molecular flexibility index (Phi) is 6.62. The first-order valence-corrected chi connectivity index (χ1v) is 15.2. The van der Waals surface area contributed by atoms with Crippen molar-refractivity contribution in [1.29, 1.82) is 0 Å². The Hall–Kier alpha value is -4.18. The number of nitrogens with one attached hydrogen (secondary N) is 2. The van der Waals surface area contributed by atoms with E-state index in [1.165, 1.54) is 6.08 Å². The number of piperazine rings is 1. The van der Waals surface area contributed by atoms with E-state index in [2.05, 4.69) is 15.6 Å². The minimum Gasteiger partial charge on any atom is -0.325 e. The van der Waals surface area contributed by atoms with Gasteiger partial charge in [-0.15, -0.1) is 0 Å². The second-order valence-electron chi connectivity index (χ2n) is 13.1. The Bertz CT molecular complexity index is 1690. The molecule has 1 aromatic heterocycles. The molecule has 228 valence electrons. The minimum atomic E-state index is -1.06. The first kappa shape index (κ1) is 28.6. The number of fused-ring (bicyclic) bond motifs is 3. The van der Waals surface area contributed by atoms with Crippen molar-refractivity contribution in [1.82, 2.24) is 14.8 Å². The van der Waals surface area contributed by atoms with Crippen LogP contribution in [0.4, 0.5) is 20.3 Å². The molecule has 5 aliphatic rings. The quantitative estimate of drug-likeness (QED) is 0.522. The van der Waals surface area contributed by atoms with Crippen molar-refractivity contribution in [2.24, 2.45) is 0 Å². The van der Waals surface area contributed by atoms with Crippen LogP contribution in [0.3, 0.4) is 0 Å². The van der Waals surface area contributed by atoms with Gasteiger partial charge < -0.3 is 15.5 Å². The van der Waals surface area contributed by atoms with Crippen LogP contribution in [-0.4, -0.2) is 63.7 Å². The number of amides is 3. The predicted octanol–water partition coefficient (Wildman–Crippen LogP) is 4.89. The molecule has 2 aliphatic heterocycles. The Morgan fingerprint density at radius 1 is 1.09 bits per heavy atom. The normalized spacial score (nSPS) is 27.5. The van der Waals surface area contributed by atoms with E-state index < -0.39 is 28.1 Å². The molecule has 44 heavy (non-hydrogen) atoms. The van der Waals surface area contributed by atoms with Gasteiger partial charge in [-0.1, -0.05) is 31.1 Å². The summed E-state index contributed by atoms with van der Waals surface area (Å²) >= 11 is 0. The first-order valence-electron chi connectivity index (χ1n) is 15.2. The zero-order chi connectivity index (χ0) is 30.9. The highest BCUT2D eigenvalue weighted by Crippen LogP contribution is 2.47. The molecule has 0 radical (unpaired) electrons. The van der Waals surface area contributed by atoms with Crippen molar-refractivity contribution < 1.29 is 23.2 Å². The SMILES string of the molecule is CN1CC(C)(C2=CCC(F)=CC(F)=C2)N(CC(=O)Nc2ccc3c(c2)CC2(C3)C(=O)Nc3ncccc32)C(=O)C12CCCC2. The van der Waals surface area contributed by atoms with Gasteiger partial charge in [-0.05, 0) is 80.6 Å². The number of allylic oxidation sites excluding steroid dienone is 4. The third kappa shape index (κ3) is 4.33. The van der Waals surface area contributed by atoms with Gasteiger partial charge in [0.15, 0.2) is 0 Å². The Morgan fingerprint density at radius 3 is 2.66 bits per heavy atom. The maximum Gasteiger partial charge on any atom is 0.244 e. The van der Waals surface area contributed by atoms with Crippen LogP contribution < -0.4 is 10.6 Å². The maximum atomic E-state index is 14.6. The summed E-state index contributed by atoms with van der Waals surface area (Å²) in [5.41, 5.74) is 1.43. The highest BCUT2D eigenvalue weighted by atomic mass is 19.1. The number of halogens is 2. The van der Waals surface area contributed by atoms with E-state index in [4.69, 9.17) is 0 Å². The van der Waals surface area contributed by atoms with Crippen LogP contribution in [0.5, 0.6) is 0 Å².